The number of hydrogen-bond acceptors (Lipinski definition) is 3. The van der Waals surface area contributed by atoms with Gasteiger partial charge in [0.05, 0.1) is 6.54 Å². The second-order valence-electron chi connectivity index (χ2n) is 6.72. The molecule has 26 heavy (non-hydrogen) atoms. The van der Waals surface area contributed by atoms with Gasteiger partial charge in [-0.15, -0.1) is 0 Å². The Balaban J connectivity index is 1.97. The maximum Gasteiger partial charge on any atom is 0.251 e. The number of nitrogens with one attached hydrogen (secondary N) is 1. The summed E-state index contributed by atoms with van der Waals surface area (Å²) in [6.07, 6.45) is -2.39. The van der Waals surface area contributed by atoms with E-state index < -0.39 is 24.2 Å². The molecule has 2 rings (SSSR count). The van der Waals surface area contributed by atoms with Crippen LogP contribution in [0.3, 0.4) is 0 Å². The fraction of sp³-hybridized carbons (Fsp3) is 0.556. The van der Waals surface area contributed by atoms with Crippen LogP contribution in [-0.2, 0) is 4.79 Å². The highest BCUT2D eigenvalue weighted by molar-refractivity contribution is 5.97. The van der Waals surface area contributed by atoms with Crippen LogP contribution in [0, 0.1) is 11.7 Å². The summed E-state index contributed by atoms with van der Waals surface area (Å²) in [6, 6.07) is 4.35. The maximum absolute atomic E-state index is 13.0. The number of alkyl halides is 2. The highest BCUT2D eigenvalue weighted by Gasteiger charge is 2.31. The van der Waals surface area contributed by atoms with E-state index >= 15 is 0 Å². The van der Waals surface area contributed by atoms with Crippen molar-refractivity contribution in [1.29, 1.82) is 0 Å². The molecule has 144 valence electrons. The SMILES string of the molecule is CC(C)C(NC(=O)c1ccc(F)cc1)C(=O)N1CCN(CC(F)F)CC1. The molecule has 5 nitrogen and oxygen atoms in total. The van der Waals surface area contributed by atoms with E-state index in [0.29, 0.717) is 26.2 Å². The number of halogens is 3. The molecule has 0 aliphatic carbocycles. The molecule has 0 aromatic heterocycles. The highest BCUT2D eigenvalue weighted by atomic mass is 19.3. The summed E-state index contributed by atoms with van der Waals surface area (Å²) in [5, 5.41) is 2.71. The molecule has 0 spiro atoms. The van der Waals surface area contributed by atoms with Crippen molar-refractivity contribution in [3.63, 3.8) is 0 Å². The number of nitrogens with zero attached hydrogens (tertiary/aromatic N) is 2. The normalized spacial score (nSPS) is 16.8. The average Bonchev–Trinajstić information content (AvgIpc) is 2.59. The Morgan fingerprint density at radius 2 is 1.65 bits per heavy atom. The lowest BCUT2D eigenvalue weighted by atomic mass is 10.0. The minimum atomic E-state index is -2.39. The molecule has 1 heterocycles. The van der Waals surface area contributed by atoms with Crippen LogP contribution in [0.25, 0.3) is 0 Å². The van der Waals surface area contributed by atoms with Crippen molar-refractivity contribution in [2.45, 2.75) is 26.3 Å². The van der Waals surface area contributed by atoms with E-state index in [1.807, 2.05) is 13.8 Å². The summed E-state index contributed by atoms with van der Waals surface area (Å²) in [4.78, 5) is 28.3. The topological polar surface area (TPSA) is 52.7 Å². The Kier molecular flexibility index (Phi) is 7.02. The van der Waals surface area contributed by atoms with E-state index in [1.165, 1.54) is 24.3 Å². The Morgan fingerprint density at radius 3 is 2.15 bits per heavy atom. The van der Waals surface area contributed by atoms with Crippen LogP contribution < -0.4 is 5.32 Å². The molecule has 1 aliphatic heterocycles. The molecule has 0 saturated carbocycles. The Bertz CT molecular complexity index is 615. The lowest BCUT2D eigenvalue weighted by Crippen LogP contribution is -2.56. The van der Waals surface area contributed by atoms with Crippen molar-refractivity contribution in [3.05, 3.63) is 35.6 Å². The van der Waals surface area contributed by atoms with Crippen molar-refractivity contribution < 1.29 is 22.8 Å². The summed E-state index contributed by atoms with van der Waals surface area (Å²) in [7, 11) is 0. The zero-order valence-electron chi connectivity index (χ0n) is 14.9. The fourth-order valence-corrected chi connectivity index (χ4v) is 2.88. The third-order valence-corrected chi connectivity index (χ3v) is 4.41. The highest BCUT2D eigenvalue weighted by Crippen LogP contribution is 2.12. The molecule has 1 saturated heterocycles. The molecule has 0 radical (unpaired) electrons. The van der Waals surface area contributed by atoms with E-state index in [-0.39, 0.29) is 23.9 Å². The van der Waals surface area contributed by atoms with E-state index in [4.69, 9.17) is 0 Å². The zero-order chi connectivity index (χ0) is 19.3. The number of piperazine rings is 1. The number of benzene rings is 1. The van der Waals surface area contributed by atoms with E-state index in [9.17, 15) is 22.8 Å². The van der Waals surface area contributed by atoms with Crippen LogP contribution in [0.4, 0.5) is 13.2 Å². The lowest BCUT2D eigenvalue weighted by molar-refractivity contribution is -0.136. The molecule has 8 heteroatoms. The third kappa shape index (κ3) is 5.45. The van der Waals surface area contributed by atoms with Crippen LogP contribution in [0.5, 0.6) is 0 Å². The second kappa shape index (κ2) is 9.02. The maximum atomic E-state index is 13.0. The second-order valence-corrected chi connectivity index (χ2v) is 6.72. The molecule has 1 aliphatic rings. The van der Waals surface area contributed by atoms with Gasteiger partial charge in [0.15, 0.2) is 0 Å². The first-order chi connectivity index (χ1) is 12.3. The van der Waals surface area contributed by atoms with Crippen LogP contribution >= 0.6 is 0 Å². The van der Waals surface area contributed by atoms with Gasteiger partial charge in [0, 0.05) is 31.7 Å². The van der Waals surface area contributed by atoms with E-state index in [1.54, 1.807) is 9.80 Å². The quantitative estimate of drug-likeness (QED) is 0.832. The molecule has 0 bridgehead atoms. The summed E-state index contributed by atoms with van der Waals surface area (Å²) >= 11 is 0. The first-order valence-corrected chi connectivity index (χ1v) is 8.63. The summed E-state index contributed by atoms with van der Waals surface area (Å²) in [6.45, 7) is 4.81. The average molecular weight is 371 g/mol. The van der Waals surface area contributed by atoms with Crippen molar-refractivity contribution in [2.24, 2.45) is 5.92 Å². The van der Waals surface area contributed by atoms with Crippen LogP contribution in [-0.4, -0.2) is 66.8 Å². The minimum Gasteiger partial charge on any atom is -0.340 e. The van der Waals surface area contributed by atoms with Crippen LogP contribution in [0.1, 0.15) is 24.2 Å². The number of carbonyl (C=O) groups excluding carboxylic acids is 2. The zero-order valence-corrected chi connectivity index (χ0v) is 14.9. The van der Waals surface area contributed by atoms with Crippen molar-refractivity contribution in [3.8, 4) is 0 Å². The van der Waals surface area contributed by atoms with Gasteiger partial charge in [0.1, 0.15) is 11.9 Å². The van der Waals surface area contributed by atoms with Gasteiger partial charge in [-0.05, 0) is 30.2 Å². The third-order valence-electron chi connectivity index (χ3n) is 4.41. The fourth-order valence-electron chi connectivity index (χ4n) is 2.88. The van der Waals surface area contributed by atoms with Gasteiger partial charge in [-0.1, -0.05) is 13.8 Å². The standard InChI is InChI=1S/C18H24F3N3O2/c1-12(2)16(22-17(25)13-3-5-14(19)6-4-13)18(26)24-9-7-23(8-10-24)11-15(20)21/h3-6,12,15-16H,7-11H2,1-2H3,(H,22,25). The number of amides is 2. The van der Waals surface area contributed by atoms with Crippen LogP contribution in [0.2, 0.25) is 0 Å². The summed E-state index contributed by atoms with van der Waals surface area (Å²) in [5.41, 5.74) is 0.270. The molecule has 1 aromatic carbocycles. The predicted octanol–water partition coefficient (Wildman–Crippen LogP) is 1.99. The molecular formula is C18H24F3N3O2. The number of carbonyl (C=O) groups is 2. The van der Waals surface area contributed by atoms with Crippen molar-refractivity contribution in [2.75, 3.05) is 32.7 Å². The Morgan fingerprint density at radius 1 is 1.08 bits per heavy atom. The molecule has 2 amide bonds. The first-order valence-electron chi connectivity index (χ1n) is 8.63. The van der Waals surface area contributed by atoms with Crippen molar-refractivity contribution in [1.82, 2.24) is 15.1 Å². The van der Waals surface area contributed by atoms with Crippen molar-refractivity contribution >= 4 is 11.8 Å². The Hall–Kier alpha value is -2.09. The van der Waals surface area contributed by atoms with Gasteiger partial charge >= 0.3 is 0 Å². The van der Waals surface area contributed by atoms with Gasteiger partial charge < -0.3 is 10.2 Å². The molecule has 1 N–H and O–H groups in total. The van der Waals surface area contributed by atoms with Gasteiger partial charge in [0.25, 0.3) is 12.3 Å². The van der Waals surface area contributed by atoms with Gasteiger partial charge in [-0.2, -0.15) is 0 Å². The van der Waals surface area contributed by atoms with Gasteiger partial charge in [-0.3, -0.25) is 14.5 Å². The Labute approximate surface area is 151 Å². The first kappa shape index (κ1) is 20.2. The number of rotatable bonds is 6. The predicted molar refractivity (Wildman–Crippen MR) is 91.5 cm³/mol. The largest absolute Gasteiger partial charge is 0.340 e. The summed E-state index contributed by atoms with van der Waals surface area (Å²) < 4.78 is 37.9. The molecule has 1 aromatic rings. The lowest BCUT2D eigenvalue weighted by Gasteiger charge is -2.37. The molecule has 1 atom stereocenters. The summed E-state index contributed by atoms with van der Waals surface area (Å²) in [5.74, 6) is -1.27. The van der Waals surface area contributed by atoms with Gasteiger partial charge in [-0.25, -0.2) is 13.2 Å². The van der Waals surface area contributed by atoms with E-state index in [2.05, 4.69) is 5.32 Å². The smallest absolute Gasteiger partial charge is 0.251 e. The molecule has 1 unspecified atom stereocenters. The molecule has 1 fully saturated rings. The van der Waals surface area contributed by atoms with E-state index in [0.717, 1.165) is 0 Å². The molecular weight excluding hydrogens is 347 g/mol. The minimum absolute atomic E-state index is 0.147. The number of hydrogen-bond donors (Lipinski definition) is 1. The van der Waals surface area contributed by atoms with Gasteiger partial charge in [0.2, 0.25) is 5.91 Å². The monoisotopic (exact) mass is 371 g/mol. The van der Waals surface area contributed by atoms with Crippen LogP contribution in [0.15, 0.2) is 24.3 Å².